The maximum absolute atomic E-state index is 5.94. The van der Waals surface area contributed by atoms with Crippen molar-refractivity contribution in [2.24, 2.45) is 0 Å². The van der Waals surface area contributed by atoms with Crippen LogP contribution in [-0.2, 0) is 6.54 Å². The van der Waals surface area contributed by atoms with Gasteiger partial charge in [-0.25, -0.2) is 0 Å². The van der Waals surface area contributed by atoms with Crippen molar-refractivity contribution in [3.63, 3.8) is 0 Å². The van der Waals surface area contributed by atoms with E-state index in [-0.39, 0.29) is 0 Å². The van der Waals surface area contributed by atoms with Crippen molar-refractivity contribution in [1.82, 2.24) is 10.1 Å². The minimum atomic E-state index is 0.647. The Labute approximate surface area is 144 Å². The van der Waals surface area contributed by atoms with Crippen LogP contribution in [0.1, 0.15) is 5.56 Å². The summed E-state index contributed by atoms with van der Waals surface area (Å²) in [5.41, 5.74) is 3.99. The van der Waals surface area contributed by atoms with Gasteiger partial charge in [0, 0.05) is 24.0 Å². The number of nitrogens with zero attached hydrogens (tertiary/aromatic N) is 2. The number of hydrogen-bond donors (Lipinski definition) is 1. The molecule has 1 N–H and O–H groups in total. The van der Waals surface area contributed by atoms with Crippen molar-refractivity contribution in [2.45, 2.75) is 6.54 Å². The van der Waals surface area contributed by atoms with E-state index in [1.807, 2.05) is 54.7 Å². The second-order valence-corrected chi connectivity index (χ2v) is 5.90. The van der Waals surface area contributed by atoms with Gasteiger partial charge in [0.1, 0.15) is 0 Å². The Balaban J connectivity index is 1.60. The number of benzene rings is 2. The van der Waals surface area contributed by atoms with Gasteiger partial charge in [0.25, 0.3) is 0 Å². The summed E-state index contributed by atoms with van der Waals surface area (Å²) in [6.07, 6.45) is 3.58. The fourth-order valence-electron chi connectivity index (χ4n) is 2.58. The van der Waals surface area contributed by atoms with Gasteiger partial charge in [0.2, 0.25) is 0 Å². The first-order valence-electron chi connectivity index (χ1n) is 7.58. The van der Waals surface area contributed by atoms with Crippen molar-refractivity contribution in [3.05, 3.63) is 77.6 Å². The molecule has 0 fully saturated rings. The number of nitrogens with one attached hydrogen (secondary N) is 1. The van der Waals surface area contributed by atoms with Crippen LogP contribution in [0.2, 0.25) is 5.02 Å². The van der Waals surface area contributed by atoms with Gasteiger partial charge in [-0.05, 0) is 47.0 Å². The summed E-state index contributed by atoms with van der Waals surface area (Å²) in [4.78, 5) is 4.11. The molecule has 0 saturated heterocycles. The van der Waals surface area contributed by atoms with Gasteiger partial charge in [0.15, 0.2) is 11.4 Å². The van der Waals surface area contributed by atoms with Crippen molar-refractivity contribution in [3.8, 4) is 11.1 Å². The third-order valence-corrected chi connectivity index (χ3v) is 4.08. The van der Waals surface area contributed by atoms with Crippen LogP contribution in [0.3, 0.4) is 0 Å². The van der Waals surface area contributed by atoms with E-state index in [0.29, 0.717) is 6.54 Å². The molecular weight excluding hydrogens is 322 g/mol. The lowest BCUT2D eigenvalue weighted by Crippen LogP contribution is -1.99. The topological polar surface area (TPSA) is 51.0 Å². The van der Waals surface area contributed by atoms with Crippen molar-refractivity contribution in [1.29, 1.82) is 0 Å². The number of aromatic nitrogens is 2. The van der Waals surface area contributed by atoms with Crippen LogP contribution in [0.15, 0.2) is 71.5 Å². The highest BCUT2D eigenvalue weighted by atomic mass is 35.5. The number of hydrogen-bond acceptors (Lipinski definition) is 4. The van der Waals surface area contributed by atoms with Gasteiger partial charge >= 0.3 is 0 Å². The summed E-state index contributed by atoms with van der Waals surface area (Å²) in [7, 11) is 0. The van der Waals surface area contributed by atoms with Crippen LogP contribution in [0.4, 0.5) is 5.82 Å². The van der Waals surface area contributed by atoms with E-state index >= 15 is 0 Å². The largest absolute Gasteiger partial charge is 0.363 e. The average molecular weight is 336 g/mol. The maximum atomic E-state index is 5.94. The van der Waals surface area contributed by atoms with Crippen molar-refractivity contribution >= 4 is 28.4 Å². The zero-order valence-electron chi connectivity index (χ0n) is 12.7. The highest BCUT2D eigenvalue weighted by molar-refractivity contribution is 6.30. The highest BCUT2D eigenvalue weighted by Crippen LogP contribution is 2.29. The Kier molecular flexibility index (Phi) is 3.89. The second kappa shape index (κ2) is 6.34. The molecule has 4 rings (SSSR count). The van der Waals surface area contributed by atoms with Crippen LogP contribution in [-0.4, -0.2) is 10.1 Å². The summed E-state index contributed by atoms with van der Waals surface area (Å²) in [6.45, 7) is 0.647. The summed E-state index contributed by atoms with van der Waals surface area (Å²) >= 11 is 5.94. The molecule has 2 heterocycles. The van der Waals surface area contributed by atoms with Crippen LogP contribution in [0.25, 0.3) is 22.1 Å². The maximum Gasteiger partial charge on any atom is 0.177 e. The zero-order chi connectivity index (χ0) is 16.4. The molecule has 0 unspecified atom stereocenters. The van der Waals surface area contributed by atoms with Crippen LogP contribution >= 0.6 is 11.6 Å². The molecule has 0 saturated carbocycles. The molecule has 24 heavy (non-hydrogen) atoms. The van der Waals surface area contributed by atoms with Gasteiger partial charge in [-0.1, -0.05) is 41.0 Å². The molecule has 0 amide bonds. The first kappa shape index (κ1) is 14.7. The molecule has 4 aromatic rings. The van der Waals surface area contributed by atoms with E-state index in [4.69, 9.17) is 16.1 Å². The normalized spacial score (nSPS) is 10.9. The Hall–Kier alpha value is -2.85. The third-order valence-electron chi connectivity index (χ3n) is 3.83. The molecule has 5 heteroatoms. The quantitative estimate of drug-likeness (QED) is 0.560. The Morgan fingerprint density at radius 3 is 2.62 bits per heavy atom. The van der Waals surface area contributed by atoms with E-state index in [9.17, 15) is 0 Å². The molecule has 0 aliphatic carbocycles. The Morgan fingerprint density at radius 2 is 1.83 bits per heavy atom. The van der Waals surface area contributed by atoms with Gasteiger partial charge in [-0.15, -0.1) is 0 Å². The zero-order valence-corrected chi connectivity index (χ0v) is 13.5. The van der Waals surface area contributed by atoms with Gasteiger partial charge in [-0.3, -0.25) is 4.98 Å². The first-order chi connectivity index (χ1) is 11.8. The predicted molar refractivity (Wildman–Crippen MR) is 96.0 cm³/mol. The van der Waals surface area contributed by atoms with E-state index in [1.54, 1.807) is 6.20 Å². The number of fused-ring (bicyclic) bond motifs is 1. The van der Waals surface area contributed by atoms with Gasteiger partial charge in [-0.2, -0.15) is 0 Å². The molecular formula is C19H14ClN3O. The van der Waals surface area contributed by atoms with E-state index in [0.717, 1.165) is 38.5 Å². The van der Waals surface area contributed by atoms with Crippen molar-refractivity contribution in [2.75, 3.05) is 5.32 Å². The summed E-state index contributed by atoms with van der Waals surface area (Å²) < 4.78 is 5.47. The number of pyridine rings is 1. The Morgan fingerprint density at radius 1 is 1.00 bits per heavy atom. The molecule has 0 atom stereocenters. The second-order valence-electron chi connectivity index (χ2n) is 5.46. The molecule has 2 aromatic carbocycles. The number of halogens is 1. The first-order valence-corrected chi connectivity index (χ1v) is 7.95. The third kappa shape index (κ3) is 2.96. The van der Waals surface area contributed by atoms with E-state index < -0.39 is 0 Å². The lowest BCUT2D eigenvalue weighted by Gasteiger charge is -2.03. The standard InChI is InChI=1S/C19H14ClN3O/c20-16-6-3-14(4-7-16)15-5-8-17-18(10-15)24-23-19(17)22-12-13-2-1-9-21-11-13/h1-11H,12H2,(H,22,23). The van der Waals surface area contributed by atoms with E-state index in [2.05, 4.69) is 21.5 Å². The van der Waals surface area contributed by atoms with Gasteiger partial charge < -0.3 is 9.84 Å². The number of anilines is 1. The minimum absolute atomic E-state index is 0.647. The Bertz CT molecular complexity index is 965. The monoisotopic (exact) mass is 335 g/mol. The molecule has 118 valence electrons. The molecule has 0 bridgehead atoms. The van der Waals surface area contributed by atoms with E-state index in [1.165, 1.54) is 0 Å². The molecule has 0 spiro atoms. The predicted octanol–water partition coefficient (Wildman–Crippen LogP) is 5.16. The molecule has 0 radical (unpaired) electrons. The molecule has 0 aliphatic rings. The summed E-state index contributed by atoms with van der Waals surface area (Å²) in [5, 5.41) is 9.10. The van der Waals surface area contributed by atoms with Crippen molar-refractivity contribution < 1.29 is 4.52 Å². The molecule has 4 nitrogen and oxygen atoms in total. The molecule has 0 aliphatic heterocycles. The average Bonchev–Trinajstić information content (AvgIpc) is 3.04. The lowest BCUT2D eigenvalue weighted by molar-refractivity contribution is 0.459. The van der Waals surface area contributed by atoms with Gasteiger partial charge in [0.05, 0.1) is 5.39 Å². The fourth-order valence-corrected chi connectivity index (χ4v) is 2.70. The minimum Gasteiger partial charge on any atom is -0.363 e. The lowest BCUT2D eigenvalue weighted by atomic mass is 10.0. The van der Waals surface area contributed by atoms with Crippen LogP contribution in [0.5, 0.6) is 0 Å². The summed E-state index contributed by atoms with van der Waals surface area (Å²) in [6, 6.07) is 17.7. The SMILES string of the molecule is Clc1ccc(-c2ccc3c(NCc4cccnc4)noc3c2)cc1. The smallest absolute Gasteiger partial charge is 0.177 e. The summed E-state index contributed by atoms with van der Waals surface area (Å²) in [5.74, 6) is 0.733. The highest BCUT2D eigenvalue weighted by Gasteiger charge is 2.09. The number of rotatable bonds is 4. The van der Waals surface area contributed by atoms with Crippen LogP contribution in [0, 0.1) is 0 Å². The van der Waals surface area contributed by atoms with Crippen LogP contribution < -0.4 is 5.32 Å². The fraction of sp³-hybridized carbons (Fsp3) is 0.0526. The molecule has 2 aromatic heterocycles.